The van der Waals surface area contributed by atoms with Gasteiger partial charge < -0.3 is 9.88 Å². The lowest BCUT2D eigenvalue weighted by atomic mass is 10.3. The Morgan fingerprint density at radius 1 is 1.44 bits per heavy atom. The highest BCUT2D eigenvalue weighted by Gasteiger charge is 2.10. The summed E-state index contributed by atoms with van der Waals surface area (Å²) in [6.45, 7) is 2.72. The molecule has 0 fully saturated rings. The van der Waals surface area contributed by atoms with Gasteiger partial charge in [0.1, 0.15) is 5.69 Å². The highest BCUT2D eigenvalue weighted by atomic mass is 79.9. The summed E-state index contributed by atoms with van der Waals surface area (Å²) in [6, 6.07) is 6.01. The lowest BCUT2D eigenvalue weighted by Gasteiger charge is -2.04. The number of hydrogen-bond donors (Lipinski definition) is 1. The van der Waals surface area contributed by atoms with Crippen molar-refractivity contribution >= 4 is 33.2 Å². The summed E-state index contributed by atoms with van der Waals surface area (Å²) >= 11 is 5.11. The van der Waals surface area contributed by atoms with Gasteiger partial charge in [-0.25, -0.2) is 0 Å². The Kier molecular flexibility index (Phi) is 4.24. The molecule has 0 bridgehead atoms. The van der Waals surface area contributed by atoms with Gasteiger partial charge in [0, 0.05) is 27.5 Å². The number of amides is 1. The molecule has 1 N–H and O–H groups in total. The first-order valence-electron chi connectivity index (χ1n) is 5.77. The largest absolute Gasteiger partial charge is 0.346 e. The molecule has 0 aromatic carbocycles. The molecule has 18 heavy (non-hydrogen) atoms. The molecule has 96 valence electrons. The van der Waals surface area contributed by atoms with E-state index in [0.29, 0.717) is 12.2 Å². The van der Waals surface area contributed by atoms with Crippen molar-refractivity contribution in [3.05, 3.63) is 44.3 Å². The SMILES string of the molecule is CCc1ccc(CNC(=O)c2cc(Br)cn2C)s1. The Labute approximate surface area is 119 Å². The second kappa shape index (κ2) is 5.71. The lowest BCUT2D eigenvalue weighted by Crippen LogP contribution is -2.24. The van der Waals surface area contributed by atoms with Crippen LogP contribution in [-0.4, -0.2) is 10.5 Å². The third-order valence-corrected chi connectivity index (χ3v) is 4.36. The van der Waals surface area contributed by atoms with Crippen LogP contribution in [0.2, 0.25) is 0 Å². The number of nitrogens with zero attached hydrogens (tertiary/aromatic N) is 1. The van der Waals surface area contributed by atoms with Gasteiger partial charge in [-0.3, -0.25) is 4.79 Å². The van der Waals surface area contributed by atoms with Gasteiger partial charge in [-0.05, 0) is 40.5 Å². The number of nitrogens with one attached hydrogen (secondary N) is 1. The predicted octanol–water partition coefficient (Wildman–Crippen LogP) is 3.34. The van der Waals surface area contributed by atoms with Crippen LogP contribution >= 0.6 is 27.3 Å². The fourth-order valence-corrected chi connectivity index (χ4v) is 3.14. The minimum atomic E-state index is -0.0466. The molecule has 0 unspecified atom stereocenters. The van der Waals surface area contributed by atoms with Gasteiger partial charge in [0.15, 0.2) is 0 Å². The van der Waals surface area contributed by atoms with Crippen LogP contribution in [0.25, 0.3) is 0 Å². The maximum Gasteiger partial charge on any atom is 0.268 e. The van der Waals surface area contributed by atoms with E-state index >= 15 is 0 Å². The number of thiophene rings is 1. The van der Waals surface area contributed by atoms with E-state index in [1.807, 2.05) is 23.9 Å². The first-order chi connectivity index (χ1) is 8.60. The van der Waals surface area contributed by atoms with E-state index in [4.69, 9.17) is 0 Å². The second-order valence-corrected chi connectivity index (χ2v) is 6.23. The normalized spacial score (nSPS) is 10.6. The number of rotatable bonds is 4. The molecule has 0 spiro atoms. The van der Waals surface area contributed by atoms with Crippen molar-refractivity contribution in [1.29, 1.82) is 0 Å². The van der Waals surface area contributed by atoms with Crippen LogP contribution in [0.5, 0.6) is 0 Å². The minimum absolute atomic E-state index is 0.0466. The van der Waals surface area contributed by atoms with Crippen molar-refractivity contribution in [2.45, 2.75) is 19.9 Å². The van der Waals surface area contributed by atoms with Crippen LogP contribution in [0.3, 0.4) is 0 Å². The number of hydrogen-bond acceptors (Lipinski definition) is 2. The van der Waals surface area contributed by atoms with Gasteiger partial charge >= 0.3 is 0 Å². The lowest BCUT2D eigenvalue weighted by molar-refractivity contribution is 0.0943. The molecule has 0 atom stereocenters. The Morgan fingerprint density at radius 2 is 2.17 bits per heavy atom. The summed E-state index contributed by atoms with van der Waals surface area (Å²) in [5.74, 6) is -0.0466. The number of carbonyl (C=O) groups excluding carboxylic acids is 1. The third kappa shape index (κ3) is 3.03. The average molecular weight is 327 g/mol. The molecule has 0 saturated heterocycles. The molecule has 1 amide bonds. The standard InChI is InChI=1S/C13H15BrN2OS/c1-3-10-4-5-11(18-10)7-15-13(17)12-6-9(14)8-16(12)2/h4-6,8H,3,7H2,1-2H3,(H,15,17). The van der Waals surface area contributed by atoms with E-state index < -0.39 is 0 Å². The Balaban J connectivity index is 1.98. The van der Waals surface area contributed by atoms with Crippen molar-refractivity contribution < 1.29 is 4.79 Å². The van der Waals surface area contributed by atoms with Crippen LogP contribution in [0.15, 0.2) is 28.9 Å². The number of aromatic nitrogens is 1. The summed E-state index contributed by atoms with van der Waals surface area (Å²) in [5, 5.41) is 2.94. The second-order valence-electron chi connectivity index (χ2n) is 4.06. The van der Waals surface area contributed by atoms with Gasteiger partial charge in [0.05, 0.1) is 6.54 Å². The third-order valence-electron chi connectivity index (χ3n) is 2.69. The molecule has 2 rings (SSSR count). The molecule has 2 heterocycles. The molecule has 2 aromatic rings. The average Bonchev–Trinajstić information content (AvgIpc) is 2.92. The van der Waals surface area contributed by atoms with E-state index in [0.717, 1.165) is 10.9 Å². The van der Waals surface area contributed by atoms with Crippen LogP contribution < -0.4 is 5.32 Å². The van der Waals surface area contributed by atoms with Crippen molar-refractivity contribution in [3.8, 4) is 0 Å². The number of carbonyl (C=O) groups is 1. The van der Waals surface area contributed by atoms with Crippen molar-refractivity contribution in [2.24, 2.45) is 7.05 Å². The Bertz CT molecular complexity index is 559. The van der Waals surface area contributed by atoms with Crippen LogP contribution in [0.1, 0.15) is 27.2 Å². The van der Waals surface area contributed by atoms with Crippen molar-refractivity contribution in [2.75, 3.05) is 0 Å². The zero-order chi connectivity index (χ0) is 13.1. The molecule has 0 aliphatic carbocycles. The molecule has 0 aliphatic rings. The highest BCUT2D eigenvalue weighted by Crippen LogP contribution is 2.17. The summed E-state index contributed by atoms with van der Waals surface area (Å²) in [4.78, 5) is 14.5. The van der Waals surface area contributed by atoms with Gasteiger partial charge in [0.2, 0.25) is 0 Å². The van der Waals surface area contributed by atoms with Crippen molar-refractivity contribution in [3.63, 3.8) is 0 Å². The summed E-state index contributed by atoms with van der Waals surface area (Å²) < 4.78 is 2.73. The summed E-state index contributed by atoms with van der Waals surface area (Å²) in [7, 11) is 1.86. The van der Waals surface area contributed by atoms with E-state index in [1.165, 1.54) is 9.75 Å². The Hall–Kier alpha value is -1.07. The molecular formula is C13H15BrN2OS. The molecule has 5 heteroatoms. The van der Waals surface area contributed by atoms with E-state index in [-0.39, 0.29) is 5.91 Å². The fraction of sp³-hybridized carbons (Fsp3) is 0.308. The minimum Gasteiger partial charge on any atom is -0.346 e. The molecule has 0 saturated carbocycles. The van der Waals surface area contributed by atoms with E-state index in [2.05, 4.69) is 40.3 Å². The van der Waals surface area contributed by atoms with Gasteiger partial charge in [-0.1, -0.05) is 6.92 Å². The maximum absolute atomic E-state index is 12.0. The Morgan fingerprint density at radius 3 is 2.72 bits per heavy atom. The predicted molar refractivity (Wildman–Crippen MR) is 78.0 cm³/mol. The maximum atomic E-state index is 12.0. The molecular weight excluding hydrogens is 312 g/mol. The van der Waals surface area contributed by atoms with Gasteiger partial charge in [-0.2, -0.15) is 0 Å². The zero-order valence-electron chi connectivity index (χ0n) is 10.4. The first-order valence-corrected chi connectivity index (χ1v) is 7.38. The van der Waals surface area contributed by atoms with E-state index in [1.54, 1.807) is 11.3 Å². The monoisotopic (exact) mass is 326 g/mol. The molecule has 0 radical (unpaired) electrons. The van der Waals surface area contributed by atoms with Crippen LogP contribution in [0.4, 0.5) is 0 Å². The first kappa shape index (κ1) is 13.4. The molecule has 2 aromatic heterocycles. The number of halogens is 1. The molecule has 0 aliphatic heterocycles. The number of aryl methyl sites for hydroxylation is 2. The van der Waals surface area contributed by atoms with Crippen molar-refractivity contribution in [1.82, 2.24) is 9.88 Å². The quantitative estimate of drug-likeness (QED) is 0.918. The summed E-state index contributed by atoms with van der Waals surface area (Å²) in [6.07, 6.45) is 2.92. The smallest absolute Gasteiger partial charge is 0.268 e. The van der Waals surface area contributed by atoms with Crippen LogP contribution in [0, 0.1) is 0 Å². The molecule has 3 nitrogen and oxygen atoms in total. The van der Waals surface area contributed by atoms with Gasteiger partial charge in [-0.15, -0.1) is 11.3 Å². The van der Waals surface area contributed by atoms with Gasteiger partial charge in [0.25, 0.3) is 5.91 Å². The van der Waals surface area contributed by atoms with E-state index in [9.17, 15) is 4.79 Å². The fourth-order valence-electron chi connectivity index (χ4n) is 1.72. The van der Waals surface area contributed by atoms with Crippen LogP contribution in [-0.2, 0) is 20.0 Å². The zero-order valence-corrected chi connectivity index (χ0v) is 12.8. The highest BCUT2D eigenvalue weighted by molar-refractivity contribution is 9.10. The topological polar surface area (TPSA) is 34.0 Å². The summed E-state index contributed by atoms with van der Waals surface area (Å²) in [5.41, 5.74) is 0.661.